The van der Waals surface area contributed by atoms with E-state index < -0.39 is 24.5 Å². The first-order valence-corrected chi connectivity index (χ1v) is 6.79. The molecule has 11 heteroatoms. The number of nitrogens with zero attached hydrogens (tertiary/aromatic N) is 2. The Morgan fingerprint density at radius 3 is 2.56 bits per heavy atom. The third kappa shape index (κ3) is 3.16. The molecule has 0 amide bonds. The molecular formula is C14H9F5N4O2. The van der Waals surface area contributed by atoms with E-state index in [-0.39, 0.29) is 5.88 Å². The topological polar surface area (TPSA) is 83.7 Å². The highest BCUT2D eigenvalue weighted by atomic mass is 19.4. The van der Waals surface area contributed by atoms with Crippen LogP contribution in [0.2, 0.25) is 0 Å². The first-order valence-electron chi connectivity index (χ1n) is 6.79. The number of imidazole rings is 1. The average molecular weight is 360 g/mol. The van der Waals surface area contributed by atoms with Crippen LogP contribution in [0.4, 0.5) is 22.0 Å². The minimum absolute atomic E-state index is 0.307. The molecule has 2 heterocycles. The highest BCUT2D eigenvalue weighted by Gasteiger charge is 2.63. The predicted molar refractivity (Wildman–Crippen MR) is 75.2 cm³/mol. The van der Waals surface area contributed by atoms with Crippen LogP contribution in [0.15, 0.2) is 30.3 Å². The Balaban J connectivity index is 1.71. The van der Waals surface area contributed by atoms with Crippen LogP contribution >= 0.6 is 0 Å². The van der Waals surface area contributed by atoms with Gasteiger partial charge in [0.2, 0.25) is 11.7 Å². The second-order valence-electron chi connectivity index (χ2n) is 5.01. The molecule has 2 aromatic heterocycles. The predicted octanol–water partition coefficient (Wildman–Crippen LogP) is 3.10. The van der Waals surface area contributed by atoms with Crippen LogP contribution < -0.4 is 4.74 Å². The van der Waals surface area contributed by atoms with Gasteiger partial charge in [-0.25, -0.2) is 4.98 Å². The second-order valence-corrected chi connectivity index (χ2v) is 5.01. The lowest BCUT2D eigenvalue weighted by molar-refractivity contribution is -0.269. The summed E-state index contributed by atoms with van der Waals surface area (Å²) in [5, 5.41) is 6.08. The molecule has 2 N–H and O–H groups in total. The summed E-state index contributed by atoms with van der Waals surface area (Å²) in [6, 6.07) is 8.31. The fourth-order valence-electron chi connectivity index (χ4n) is 1.97. The van der Waals surface area contributed by atoms with Gasteiger partial charge in [0.25, 0.3) is 0 Å². The van der Waals surface area contributed by atoms with Gasteiger partial charge in [0.15, 0.2) is 12.4 Å². The molecule has 0 unspecified atom stereocenters. The number of benzene rings is 1. The number of halogens is 5. The van der Waals surface area contributed by atoms with Crippen LogP contribution in [-0.2, 0) is 4.79 Å². The van der Waals surface area contributed by atoms with Crippen molar-refractivity contribution in [3.8, 4) is 17.4 Å². The molecule has 0 bridgehead atoms. The van der Waals surface area contributed by atoms with Gasteiger partial charge < -0.3 is 9.72 Å². The van der Waals surface area contributed by atoms with Gasteiger partial charge in [-0.05, 0) is 12.1 Å². The number of fused-ring (bicyclic) bond motifs is 1. The van der Waals surface area contributed by atoms with E-state index in [1.54, 1.807) is 24.3 Å². The van der Waals surface area contributed by atoms with Crippen molar-refractivity contribution in [1.82, 2.24) is 20.2 Å². The molecular weight excluding hydrogens is 351 g/mol. The van der Waals surface area contributed by atoms with Crippen LogP contribution in [0.3, 0.4) is 0 Å². The van der Waals surface area contributed by atoms with Crippen molar-refractivity contribution in [1.29, 1.82) is 0 Å². The number of rotatable bonds is 5. The normalized spacial score (nSPS) is 12.5. The number of hydrogen-bond acceptors (Lipinski definition) is 4. The number of carbonyl (C=O) groups excluding carboxylic acids is 1. The van der Waals surface area contributed by atoms with E-state index in [0.717, 1.165) is 5.52 Å². The van der Waals surface area contributed by atoms with Crippen molar-refractivity contribution in [2.45, 2.75) is 12.1 Å². The number of H-pyrrole nitrogens is 2. The maximum atomic E-state index is 12.8. The maximum Gasteiger partial charge on any atom is 0.461 e. The van der Waals surface area contributed by atoms with Crippen molar-refractivity contribution < 1.29 is 31.5 Å². The molecule has 1 aromatic carbocycles. The Morgan fingerprint density at radius 2 is 1.88 bits per heavy atom. The van der Waals surface area contributed by atoms with Crippen LogP contribution in [0.25, 0.3) is 22.6 Å². The number of carbonyl (C=O) groups is 1. The lowest BCUT2D eigenvalue weighted by atomic mass is 10.2. The van der Waals surface area contributed by atoms with Gasteiger partial charge >= 0.3 is 12.1 Å². The Morgan fingerprint density at radius 1 is 1.16 bits per heavy atom. The number of ketones is 1. The average Bonchev–Trinajstić information content (AvgIpc) is 3.17. The molecule has 6 nitrogen and oxygen atoms in total. The van der Waals surface area contributed by atoms with E-state index in [4.69, 9.17) is 0 Å². The molecule has 3 rings (SSSR count). The summed E-state index contributed by atoms with van der Waals surface area (Å²) in [4.78, 5) is 18.2. The number of aromatic nitrogens is 4. The van der Waals surface area contributed by atoms with Crippen LogP contribution in [-0.4, -0.2) is 44.7 Å². The molecule has 0 spiro atoms. The van der Waals surface area contributed by atoms with E-state index in [9.17, 15) is 26.7 Å². The lowest BCUT2D eigenvalue weighted by Crippen LogP contribution is -2.46. The Hall–Kier alpha value is -2.98. The second kappa shape index (κ2) is 5.83. The molecule has 132 valence electrons. The number of ether oxygens (including phenoxy) is 1. The molecule has 0 saturated heterocycles. The molecule has 0 aliphatic rings. The summed E-state index contributed by atoms with van der Waals surface area (Å²) in [6.45, 7) is -1.48. The number of para-hydroxylation sites is 2. The Labute approximate surface area is 136 Å². The highest BCUT2D eigenvalue weighted by Crippen LogP contribution is 2.36. The minimum Gasteiger partial charge on any atom is -0.468 e. The number of aromatic amines is 2. The monoisotopic (exact) mass is 360 g/mol. The molecule has 0 aliphatic heterocycles. The molecule has 0 saturated carbocycles. The molecule has 25 heavy (non-hydrogen) atoms. The third-order valence-corrected chi connectivity index (χ3v) is 3.26. The van der Waals surface area contributed by atoms with Crippen LogP contribution in [0.5, 0.6) is 5.88 Å². The molecule has 0 fully saturated rings. The van der Waals surface area contributed by atoms with Gasteiger partial charge in [-0.2, -0.15) is 22.0 Å². The quantitative estimate of drug-likeness (QED) is 0.685. The fourth-order valence-corrected chi connectivity index (χ4v) is 1.97. The SMILES string of the molecule is O=C(COc1cc(-c2nc3ccccc3[nH]2)[nH]n1)C(F)(F)C(F)(F)F. The van der Waals surface area contributed by atoms with E-state index in [2.05, 4.69) is 24.9 Å². The zero-order valence-electron chi connectivity index (χ0n) is 12.2. The molecule has 3 aromatic rings. The van der Waals surface area contributed by atoms with Crippen molar-refractivity contribution >= 4 is 16.8 Å². The number of alkyl halides is 5. The highest BCUT2D eigenvalue weighted by molar-refractivity contribution is 5.87. The largest absolute Gasteiger partial charge is 0.468 e. The van der Waals surface area contributed by atoms with Gasteiger partial charge in [-0.1, -0.05) is 12.1 Å². The molecule has 0 atom stereocenters. The Bertz CT molecular complexity index is 882. The number of Topliss-reactive ketones (excluding diaryl/α,β-unsaturated/α-hetero) is 1. The van der Waals surface area contributed by atoms with Crippen LogP contribution in [0, 0.1) is 0 Å². The summed E-state index contributed by atoms with van der Waals surface area (Å²) in [5.41, 5.74) is 1.70. The zero-order valence-corrected chi connectivity index (χ0v) is 12.2. The van der Waals surface area contributed by atoms with Crippen LogP contribution in [0.1, 0.15) is 0 Å². The zero-order chi connectivity index (χ0) is 18.2. The third-order valence-electron chi connectivity index (χ3n) is 3.26. The van der Waals surface area contributed by atoms with Crippen molar-refractivity contribution in [2.24, 2.45) is 0 Å². The fraction of sp³-hybridized carbons (Fsp3) is 0.214. The summed E-state index contributed by atoms with van der Waals surface area (Å²) in [7, 11) is 0. The van der Waals surface area contributed by atoms with Gasteiger partial charge in [-0.15, -0.1) is 5.10 Å². The summed E-state index contributed by atoms with van der Waals surface area (Å²) in [5.74, 6) is -7.85. The van der Waals surface area contributed by atoms with E-state index >= 15 is 0 Å². The van der Waals surface area contributed by atoms with Crippen molar-refractivity contribution in [3.63, 3.8) is 0 Å². The van der Waals surface area contributed by atoms with Gasteiger partial charge in [0.1, 0.15) is 5.69 Å². The van der Waals surface area contributed by atoms with Gasteiger partial charge in [0.05, 0.1) is 11.0 Å². The smallest absolute Gasteiger partial charge is 0.461 e. The van der Waals surface area contributed by atoms with Gasteiger partial charge in [0, 0.05) is 6.07 Å². The first-order chi connectivity index (χ1) is 11.7. The minimum atomic E-state index is -5.97. The summed E-state index contributed by atoms with van der Waals surface area (Å²) < 4.78 is 66.5. The lowest BCUT2D eigenvalue weighted by Gasteiger charge is -2.17. The van der Waals surface area contributed by atoms with E-state index in [1.165, 1.54) is 6.07 Å². The molecule has 0 aliphatic carbocycles. The van der Waals surface area contributed by atoms with E-state index in [0.29, 0.717) is 17.0 Å². The molecule has 0 radical (unpaired) electrons. The summed E-state index contributed by atoms with van der Waals surface area (Å²) in [6.07, 6.45) is -5.97. The standard InChI is InChI=1S/C14H9F5N4O2/c15-13(16,14(17,18)19)10(24)6-25-11-5-9(22-23-11)12-20-7-3-1-2-4-8(7)21-12/h1-5H,6H2,(H,20,21)(H,22,23). The van der Waals surface area contributed by atoms with Crippen molar-refractivity contribution in [3.05, 3.63) is 30.3 Å². The first kappa shape index (κ1) is 16.9. The maximum absolute atomic E-state index is 12.8. The summed E-state index contributed by atoms with van der Waals surface area (Å²) >= 11 is 0. The van der Waals surface area contributed by atoms with Crippen molar-refractivity contribution in [2.75, 3.05) is 6.61 Å². The van der Waals surface area contributed by atoms with E-state index in [1.807, 2.05) is 0 Å². The van der Waals surface area contributed by atoms with Gasteiger partial charge in [-0.3, -0.25) is 9.89 Å². The number of hydrogen-bond donors (Lipinski definition) is 2. The Kier molecular flexibility index (Phi) is 3.93. The number of nitrogens with one attached hydrogen (secondary N) is 2.